The topological polar surface area (TPSA) is 97.2 Å². The highest BCUT2D eigenvalue weighted by atomic mass is 35.5. The van der Waals surface area contributed by atoms with Gasteiger partial charge in [-0.2, -0.15) is 5.10 Å². The van der Waals surface area contributed by atoms with E-state index in [0.717, 1.165) is 11.3 Å². The van der Waals surface area contributed by atoms with Crippen LogP contribution in [-0.4, -0.2) is 34.7 Å². The van der Waals surface area contributed by atoms with E-state index in [9.17, 15) is 9.18 Å². The highest BCUT2D eigenvalue weighted by molar-refractivity contribution is 6.35. The molecule has 12 heteroatoms. The minimum Gasteiger partial charge on any atom is -0.306 e. The molecule has 3 aromatic carbocycles. The van der Waals surface area contributed by atoms with E-state index in [1.807, 2.05) is 18.2 Å². The lowest BCUT2D eigenvalue weighted by Gasteiger charge is -2.11. The average Bonchev–Trinajstić information content (AvgIpc) is 3.54. The first-order valence-electron chi connectivity index (χ1n) is 10.3. The molecule has 8 nitrogen and oxygen atoms in total. The van der Waals surface area contributed by atoms with Gasteiger partial charge in [0.05, 0.1) is 44.5 Å². The number of halogens is 4. The Bertz CT molecular complexity index is 1820. The normalized spacial score (nSPS) is 11.7. The maximum atomic E-state index is 14.0. The van der Waals surface area contributed by atoms with Crippen LogP contribution in [0.1, 0.15) is 5.56 Å². The van der Waals surface area contributed by atoms with Crippen molar-refractivity contribution in [2.24, 2.45) is 0 Å². The van der Waals surface area contributed by atoms with Crippen LogP contribution in [0.25, 0.3) is 39.0 Å². The number of benzene rings is 3. The number of hydrogen-bond acceptors (Lipinski definition) is 4. The Morgan fingerprint density at radius 1 is 0.914 bits per heavy atom. The van der Waals surface area contributed by atoms with E-state index in [0.29, 0.717) is 43.4 Å². The molecule has 35 heavy (non-hydrogen) atoms. The zero-order valence-corrected chi connectivity index (χ0v) is 19.8. The van der Waals surface area contributed by atoms with E-state index in [1.54, 1.807) is 33.8 Å². The summed E-state index contributed by atoms with van der Waals surface area (Å²) in [4.78, 5) is 17.1. The molecular weight excluding hydrogens is 516 g/mol. The molecule has 3 aromatic heterocycles. The first kappa shape index (κ1) is 21.8. The van der Waals surface area contributed by atoms with Crippen molar-refractivity contribution in [2.75, 3.05) is 0 Å². The van der Waals surface area contributed by atoms with Crippen molar-refractivity contribution in [3.8, 4) is 16.9 Å². The van der Waals surface area contributed by atoms with Crippen LogP contribution in [-0.2, 0) is 6.54 Å². The van der Waals surface area contributed by atoms with Crippen molar-refractivity contribution in [3.05, 3.63) is 91.7 Å². The SMILES string of the molecule is O=c1[nH]c2ccc(-n3nnc4c(Cl)cc(-c5ccnn5Cc5cc(F)c(Cl)cc5Cl)cc43)cc2[nH]1. The third kappa shape index (κ3) is 3.78. The highest BCUT2D eigenvalue weighted by Gasteiger charge is 2.16. The molecule has 3 heterocycles. The average molecular weight is 529 g/mol. The molecule has 0 spiro atoms. The molecule has 0 aliphatic carbocycles. The molecule has 6 aromatic rings. The Kier molecular flexibility index (Phi) is 5.14. The fourth-order valence-electron chi connectivity index (χ4n) is 4.02. The minimum atomic E-state index is -0.556. The fourth-order valence-corrected chi connectivity index (χ4v) is 4.72. The van der Waals surface area contributed by atoms with E-state index >= 15 is 0 Å². The van der Waals surface area contributed by atoms with E-state index < -0.39 is 5.82 Å². The Morgan fingerprint density at radius 2 is 1.74 bits per heavy atom. The predicted octanol–water partition coefficient (Wildman–Crippen LogP) is 5.60. The second-order valence-corrected chi connectivity index (χ2v) is 9.09. The highest BCUT2D eigenvalue weighted by Crippen LogP contribution is 2.32. The van der Waals surface area contributed by atoms with Crippen LogP contribution in [0.4, 0.5) is 4.39 Å². The van der Waals surface area contributed by atoms with Crippen LogP contribution in [0, 0.1) is 5.82 Å². The molecular formula is C23H13Cl3FN7O. The molecule has 0 atom stereocenters. The summed E-state index contributed by atoms with van der Waals surface area (Å²) in [6.45, 7) is 0.222. The Morgan fingerprint density at radius 3 is 2.60 bits per heavy atom. The summed E-state index contributed by atoms with van der Waals surface area (Å²) in [6.07, 6.45) is 1.64. The van der Waals surface area contributed by atoms with Gasteiger partial charge in [-0.05, 0) is 54.1 Å². The summed E-state index contributed by atoms with van der Waals surface area (Å²) in [5.41, 5.74) is 4.93. The van der Waals surface area contributed by atoms with E-state index in [1.165, 1.54) is 12.1 Å². The van der Waals surface area contributed by atoms with E-state index in [-0.39, 0.29) is 17.3 Å². The van der Waals surface area contributed by atoms with Gasteiger partial charge in [0.1, 0.15) is 11.3 Å². The van der Waals surface area contributed by atoms with Crippen molar-refractivity contribution in [1.29, 1.82) is 0 Å². The van der Waals surface area contributed by atoms with Gasteiger partial charge in [0, 0.05) is 16.8 Å². The standard InChI is InChI=1S/C23H13Cl3FN7O/c24-14-9-15(25)17(27)6-12(14)10-33-20(3-4-28-33)11-5-16(26)22-21(7-11)34(32-31-22)13-1-2-18-19(8-13)30-23(35)29-18/h1-9H,10H2,(H2,29,30,35). The number of rotatable bonds is 4. The molecule has 0 radical (unpaired) electrons. The van der Waals surface area contributed by atoms with Crippen molar-refractivity contribution in [2.45, 2.75) is 6.54 Å². The van der Waals surface area contributed by atoms with Gasteiger partial charge in [-0.15, -0.1) is 5.10 Å². The summed E-state index contributed by atoms with van der Waals surface area (Å²) < 4.78 is 17.4. The Labute approximate surface area is 210 Å². The number of H-pyrrole nitrogens is 2. The van der Waals surface area contributed by atoms with Gasteiger partial charge in [-0.1, -0.05) is 40.0 Å². The van der Waals surface area contributed by atoms with Crippen LogP contribution in [0.5, 0.6) is 0 Å². The number of aromatic amines is 2. The molecule has 0 aliphatic rings. The Hall–Kier alpha value is -3.66. The molecule has 6 rings (SSSR count). The van der Waals surface area contributed by atoms with Gasteiger partial charge in [0.2, 0.25) is 0 Å². The van der Waals surface area contributed by atoms with Crippen LogP contribution in [0.3, 0.4) is 0 Å². The summed E-state index contributed by atoms with van der Waals surface area (Å²) in [5, 5.41) is 13.6. The molecule has 0 aliphatic heterocycles. The summed E-state index contributed by atoms with van der Waals surface area (Å²) in [5.74, 6) is -0.556. The molecule has 0 bridgehead atoms. The maximum Gasteiger partial charge on any atom is 0.323 e. The lowest BCUT2D eigenvalue weighted by atomic mass is 10.1. The summed E-state index contributed by atoms with van der Waals surface area (Å²) in [7, 11) is 0. The molecule has 2 N–H and O–H groups in total. The predicted molar refractivity (Wildman–Crippen MR) is 133 cm³/mol. The van der Waals surface area contributed by atoms with Crippen molar-refractivity contribution in [1.82, 2.24) is 34.7 Å². The first-order valence-corrected chi connectivity index (χ1v) is 11.4. The lowest BCUT2D eigenvalue weighted by Crippen LogP contribution is -2.05. The number of imidazole rings is 1. The largest absolute Gasteiger partial charge is 0.323 e. The van der Waals surface area contributed by atoms with Crippen molar-refractivity contribution in [3.63, 3.8) is 0 Å². The third-order valence-corrected chi connectivity index (χ3v) is 6.60. The molecule has 0 saturated heterocycles. The van der Waals surface area contributed by atoms with Crippen LogP contribution >= 0.6 is 34.8 Å². The van der Waals surface area contributed by atoms with Gasteiger partial charge in [0.25, 0.3) is 0 Å². The molecule has 174 valence electrons. The minimum absolute atomic E-state index is 0.0423. The van der Waals surface area contributed by atoms with Crippen LogP contribution in [0.2, 0.25) is 15.1 Å². The van der Waals surface area contributed by atoms with Gasteiger partial charge in [-0.3, -0.25) is 4.68 Å². The van der Waals surface area contributed by atoms with Gasteiger partial charge in [-0.25, -0.2) is 13.9 Å². The molecule has 0 amide bonds. The monoisotopic (exact) mass is 527 g/mol. The number of nitrogens with zero attached hydrogens (tertiary/aromatic N) is 5. The lowest BCUT2D eigenvalue weighted by molar-refractivity contribution is 0.620. The smallest absolute Gasteiger partial charge is 0.306 e. The summed E-state index contributed by atoms with van der Waals surface area (Å²) >= 11 is 18.7. The van der Waals surface area contributed by atoms with Crippen molar-refractivity contribution < 1.29 is 4.39 Å². The molecule has 0 fully saturated rings. The number of nitrogens with one attached hydrogen (secondary N) is 2. The van der Waals surface area contributed by atoms with Crippen LogP contribution < -0.4 is 5.69 Å². The molecule has 0 saturated carbocycles. The Balaban J connectivity index is 1.45. The number of aromatic nitrogens is 7. The first-order chi connectivity index (χ1) is 16.9. The summed E-state index contributed by atoms with van der Waals surface area (Å²) in [6, 6.07) is 13.6. The number of fused-ring (bicyclic) bond motifs is 2. The second kappa shape index (κ2) is 8.23. The third-order valence-electron chi connectivity index (χ3n) is 5.67. The maximum absolute atomic E-state index is 14.0. The zero-order valence-electron chi connectivity index (χ0n) is 17.6. The van der Waals surface area contributed by atoms with Gasteiger partial charge in [0.15, 0.2) is 0 Å². The molecule has 0 unspecified atom stereocenters. The second-order valence-electron chi connectivity index (χ2n) is 7.87. The number of hydrogen-bond donors (Lipinski definition) is 2. The quantitative estimate of drug-likeness (QED) is 0.291. The van der Waals surface area contributed by atoms with Crippen LogP contribution in [0.15, 0.2) is 59.5 Å². The van der Waals surface area contributed by atoms with Crippen molar-refractivity contribution >= 4 is 56.9 Å². The zero-order chi connectivity index (χ0) is 24.3. The van der Waals surface area contributed by atoms with E-state index in [4.69, 9.17) is 34.8 Å². The van der Waals surface area contributed by atoms with Gasteiger partial charge >= 0.3 is 5.69 Å². The van der Waals surface area contributed by atoms with Gasteiger partial charge < -0.3 is 9.97 Å². The fraction of sp³-hybridized carbons (Fsp3) is 0.0435. The van der Waals surface area contributed by atoms with E-state index in [2.05, 4.69) is 25.4 Å².